The number of hydrogen-bond acceptors (Lipinski definition) is 4. The van der Waals surface area contributed by atoms with E-state index in [0.717, 1.165) is 23.0 Å². The third kappa shape index (κ3) is 4.11. The Hall–Kier alpha value is -0.780. The summed E-state index contributed by atoms with van der Waals surface area (Å²) < 4.78 is 5.93. The van der Waals surface area contributed by atoms with Crippen molar-refractivity contribution in [3.8, 4) is 5.75 Å². The highest BCUT2D eigenvalue weighted by atomic mass is 32.2. The lowest BCUT2D eigenvalue weighted by molar-refractivity contribution is -0.0645. The van der Waals surface area contributed by atoms with E-state index in [9.17, 15) is 5.11 Å². The van der Waals surface area contributed by atoms with Crippen molar-refractivity contribution in [2.75, 3.05) is 13.7 Å². The predicted octanol–water partition coefficient (Wildman–Crippen LogP) is 3.45. The molecule has 5 heteroatoms. The Bertz CT molecular complexity index is 512. The minimum atomic E-state index is -0.877. The van der Waals surface area contributed by atoms with Gasteiger partial charge in [-0.15, -0.1) is 0 Å². The van der Waals surface area contributed by atoms with Gasteiger partial charge in [-0.2, -0.15) is 0 Å². The molecular weight excluding hydrogens is 302 g/mol. The molecule has 2 rings (SSSR count). The lowest BCUT2D eigenvalue weighted by Crippen LogP contribution is -2.56. The molecule has 1 aromatic carbocycles. The normalized spacial score (nSPS) is 25.0. The van der Waals surface area contributed by atoms with Gasteiger partial charge in [0.2, 0.25) is 0 Å². The summed E-state index contributed by atoms with van der Waals surface area (Å²) in [5.74, 6) is 0.858. The fraction of sp³-hybridized carbons (Fsp3) is 0.562. The first-order chi connectivity index (χ1) is 9.73. The minimum Gasteiger partial charge on any atom is -0.497 e. The SMILES string of the molecule is COc1ccc(CCN2C(=S)SC(C)(C)C[C@]2(C)O)cc1. The summed E-state index contributed by atoms with van der Waals surface area (Å²) in [6.07, 6.45) is 1.55. The lowest BCUT2D eigenvalue weighted by atomic mass is 9.98. The molecule has 1 atom stereocenters. The minimum absolute atomic E-state index is 0.0167. The maximum absolute atomic E-state index is 10.7. The largest absolute Gasteiger partial charge is 0.497 e. The van der Waals surface area contributed by atoms with Gasteiger partial charge >= 0.3 is 0 Å². The van der Waals surface area contributed by atoms with Crippen molar-refractivity contribution in [1.29, 1.82) is 0 Å². The second-order valence-corrected chi connectivity index (χ2v) is 8.61. The van der Waals surface area contributed by atoms with E-state index in [2.05, 4.69) is 26.0 Å². The van der Waals surface area contributed by atoms with E-state index < -0.39 is 5.72 Å². The van der Waals surface area contributed by atoms with E-state index in [-0.39, 0.29) is 4.75 Å². The molecular formula is C16H23NO2S2. The first kappa shape index (κ1) is 16.6. The Morgan fingerprint density at radius 2 is 1.90 bits per heavy atom. The van der Waals surface area contributed by atoms with Gasteiger partial charge in [-0.05, 0) is 31.0 Å². The third-order valence-corrected chi connectivity index (χ3v) is 5.27. The van der Waals surface area contributed by atoms with Gasteiger partial charge in [0.15, 0.2) is 0 Å². The van der Waals surface area contributed by atoms with Crippen molar-refractivity contribution in [1.82, 2.24) is 4.90 Å². The van der Waals surface area contributed by atoms with Crippen LogP contribution < -0.4 is 4.74 Å². The fourth-order valence-electron chi connectivity index (χ4n) is 2.79. The third-order valence-electron chi connectivity index (χ3n) is 3.71. The number of rotatable bonds is 4. The highest BCUT2D eigenvalue weighted by molar-refractivity contribution is 8.23. The molecule has 0 aromatic heterocycles. The molecule has 1 fully saturated rings. The summed E-state index contributed by atoms with van der Waals surface area (Å²) in [4.78, 5) is 1.95. The molecule has 1 N–H and O–H groups in total. The average molecular weight is 325 g/mol. The maximum atomic E-state index is 10.7. The van der Waals surface area contributed by atoms with E-state index in [4.69, 9.17) is 17.0 Å². The van der Waals surface area contributed by atoms with Crippen molar-refractivity contribution < 1.29 is 9.84 Å². The second kappa shape index (κ2) is 6.15. The number of thiocarbonyl (C=S) groups is 1. The zero-order valence-corrected chi connectivity index (χ0v) is 14.7. The topological polar surface area (TPSA) is 32.7 Å². The molecule has 116 valence electrons. The zero-order valence-electron chi connectivity index (χ0n) is 13.0. The molecule has 21 heavy (non-hydrogen) atoms. The summed E-state index contributed by atoms with van der Waals surface area (Å²) in [7, 11) is 1.66. The molecule has 0 unspecified atom stereocenters. The molecule has 1 aromatic rings. The number of aliphatic hydroxyl groups is 1. The van der Waals surface area contributed by atoms with Crippen LogP contribution in [0.4, 0.5) is 0 Å². The van der Waals surface area contributed by atoms with Crippen LogP contribution >= 0.6 is 24.0 Å². The number of thioether (sulfide) groups is 1. The molecule has 1 saturated heterocycles. The molecule has 0 bridgehead atoms. The van der Waals surface area contributed by atoms with E-state index in [1.807, 2.05) is 24.0 Å². The number of nitrogens with zero attached hydrogens (tertiary/aromatic N) is 1. The van der Waals surface area contributed by atoms with E-state index in [0.29, 0.717) is 6.42 Å². The fourth-order valence-corrected chi connectivity index (χ4v) is 4.97. The number of methoxy groups -OCH3 is 1. The highest BCUT2D eigenvalue weighted by Gasteiger charge is 2.43. The molecule has 1 aliphatic rings. The van der Waals surface area contributed by atoms with Crippen LogP contribution in [-0.4, -0.2) is 38.5 Å². The molecule has 0 amide bonds. The van der Waals surface area contributed by atoms with Gasteiger partial charge in [0.05, 0.1) is 7.11 Å². The van der Waals surface area contributed by atoms with Gasteiger partial charge in [-0.25, -0.2) is 0 Å². The van der Waals surface area contributed by atoms with Gasteiger partial charge in [0.25, 0.3) is 0 Å². The van der Waals surface area contributed by atoms with E-state index >= 15 is 0 Å². The van der Waals surface area contributed by atoms with E-state index in [1.54, 1.807) is 18.9 Å². The second-order valence-electron chi connectivity index (χ2n) is 6.27. The number of benzene rings is 1. The van der Waals surface area contributed by atoms with Crippen LogP contribution in [0.5, 0.6) is 5.75 Å². The summed E-state index contributed by atoms with van der Waals surface area (Å²) in [6.45, 7) is 6.83. The standard InChI is InChI=1S/C16H23NO2S2/c1-15(2)11-16(3,18)17(14(20)21-15)10-9-12-5-7-13(19-4)8-6-12/h5-8,18H,9-11H2,1-4H3/t16-/m0/s1. The molecule has 1 heterocycles. The Labute approximate surface area is 136 Å². The lowest BCUT2D eigenvalue weighted by Gasteiger charge is -2.48. The van der Waals surface area contributed by atoms with Crippen molar-refractivity contribution in [2.24, 2.45) is 0 Å². The Morgan fingerprint density at radius 1 is 1.29 bits per heavy atom. The van der Waals surface area contributed by atoms with Crippen LogP contribution in [0.1, 0.15) is 32.8 Å². The number of ether oxygens (including phenoxy) is 1. The Balaban J connectivity index is 2.02. The van der Waals surface area contributed by atoms with Crippen LogP contribution in [0.15, 0.2) is 24.3 Å². The van der Waals surface area contributed by atoms with Crippen molar-refractivity contribution in [3.05, 3.63) is 29.8 Å². The zero-order chi connectivity index (χ0) is 15.7. The predicted molar refractivity (Wildman–Crippen MR) is 92.9 cm³/mol. The molecule has 0 aliphatic carbocycles. The first-order valence-corrected chi connectivity index (χ1v) is 8.32. The molecule has 0 saturated carbocycles. The van der Waals surface area contributed by atoms with Gasteiger partial charge in [0.1, 0.15) is 15.8 Å². The van der Waals surface area contributed by atoms with Crippen molar-refractivity contribution in [3.63, 3.8) is 0 Å². The summed E-state index contributed by atoms with van der Waals surface area (Å²) in [5, 5.41) is 10.7. The first-order valence-electron chi connectivity index (χ1n) is 7.09. The van der Waals surface area contributed by atoms with Gasteiger partial charge < -0.3 is 14.7 Å². The van der Waals surface area contributed by atoms with E-state index in [1.165, 1.54) is 5.56 Å². The Morgan fingerprint density at radius 3 is 2.43 bits per heavy atom. The summed E-state index contributed by atoms with van der Waals surface area (Å²) in [6, 6.07) is 8.02. The van der Waals surface area contributed by atoms with Crippen LogP contribution in [0.2, 0.25) is 0 Å². The highest BCUT2D eigenvalue weighted by Crippen LogP contribution is 2.42. The average Bonchev–Trinajstić information content (AvgIpc) is 2.36. The summed E-state index contributed by atoms with van der Waals surface area (Å²) in [5.41, 5.74) is 0.336. The molecule has 0 radical (unpaired) electrons. The smallest absolute Gasteiger partial charge is 0.139 e. The molecule has 1 aliphatic heterocycles. The molecule has 3 nitrogen and oxygen atoms in total. The quantitative estimate of drug-likeness (QED) is 0.857. The van der Waals surface area contributed by atoms with Gasteiger partial charge in [0, 0.05) is 17.7 Å². The maximum Gasteiger partial charge on any atom is 0.139 e. The van der Waals surface area contributed by atoms with Crippen LogP contribution in [0.25, 0.3) is 0 Å². The Kier molecular flexibility index (Phi) is 4.85. The van der Waals surface area contributed by atoms with Crippen molar-refractivity contribution in [2.45, 2.75) is 44.1 Å². The van der Waals surface area contributed by atoms with Crippen LogP contribution in [0.3, 0.4) is 0 Å². The van der Waals surface area contributed by atoms with Crippen LogP contribution in [0, 0.1) is 0 Å². The summed E-state index contributed by atoms with van der Waals surface area (Å²) >= 11 is 7.16. The van der Waals surface area contributed by atoms with Crippen LogP contribution in [-0.2, 0) is 6.42 Å². The van der Waals surface area contributed by atoms with Crippen molar-refractivity contribution >= 4 is 28.3 Å². The van der Waals surface area contributed by atoms with Gasteiger partial charge in [-0.1, -0.05) is 50.0 Å². The molecule has 0 spiro atoms. The number of hydrogen-bond donors (Lipinski definition) is 1. The van der Waals surface area contributed by atoms with Gasteiger partial charge in [-0.3, -0.25) is 0 Å². The monoisotopic (exact) mass is 325 g/mol.